The maximum absolute atomic E-state index is 12.0. The van der Waals surface area contributed by atoms with Crippen molar-refractivity contribution in [2.45, 2.75) is 11.3 Å². The monoisotopic (exact) mass is 410 g/mol. The van der Waals surface area contributed by atoms with E-state index in [2.05, 4.69) is 20.8 Å². The number of aryl methyl sites for hydroxylation is 1. The lowest BCUT2D eigenvalue weighted by atomic mass is 10.2. The predicted octanol–water partition coefficient (Wildman–Crippen LogP) is 4.23. The van der Waals surface area contributed by atoms with Crippen LogP contribution in [0.3, 0.4) is 0 Å². The fraction of sp³-hybridized carbons (Fsp3) is 0.100. The van der Waals surface area contributed by atoms with E-state index in [4.69, 9.17) is 0 Å². The molecule has 2 N–H and O–H groups in total. The lowest BCUT2D eigenvalue weighted by molar-refractivity contribution is -0.114. The summed E-state index contributed by atoms with van der Waals surface area (Å²) < 4.78 is 0.612. The highest BCUT2D eigenvalue weighted by molar-refractivity contribution is 8.01. The van der Waals surface area contributed by atoms with Crippen LogP contribution in [0.4, 0.5) is 10.8 Å². The van der Waals surface area contributed by atoms with Gasteiger partial charge >= 0.3 is 0 Å². The molecule has 8 heteroatoms. The molecule has 1 aromatic heterocycles. The van der Waals surface area contributed by atoms with Gasteiger partial charge in [0.15, 0.2) is 4.34 Å². The Morgan fingerprint density at radius 3 is 2.54 bits per heavy atom. The summed E-state index contributed by atoms with van der Waals surface area (Å²) in [6.07, 6.45) is 3.17. The summed E-state index contributed by atoms with van der Waals surface area (Å²) in [6, 6.07) is 17.1. The molecule has 0 saturated carbocycles. The number of aromatic nitrogens is 2. The van der Waals surface area contributed by atoms with Crippen LogP contribution in [0.2, 0.25) is 0 Å². The van der Waals surface area contributed by atoms with Crippen molar-refractivity contribution < 1.29 is 9.59 Å². The molecule has 0 aliphatic rings. The van der Waals surface area contributed by atoms with Crippen LogP contribution in [0.1, 0.15) is 11.1 Å². The zero-order valence-corrected chi connectivity index (χ0v) is 16.7. The molecule has 2 amide bonds. The van der Waals surface area contributed by atoms with Crippen LogP contribution in [-0.2, 0) is 9.59 Å². The Morgan fingerprint density at radius 1 is 1.04 bits per heavy atom. The second-order valence-electron chi connectivity index (χ2n) is 5.81. The number of carbonyl (C=O) groups excluding carboxylic acids is 2. The number of anilines is 2. The fourth-order valence-electron chi connectivity index (χ4n) is 2.16. The van der Waals surface area contributed by atoms with Crippen molar-refractivity contribution in [1.29, 1.82) is 0 Å². The van der Waals surface area contributed by atoms with E-state index in [-0.39, 0.29) is 17.6 Å². The van der Waals surface area contributed by atoms with E-state index in [1.165, 1.54) is 29.2 Å². The Morgan fingerprint density at radius 2 is 1.79 bits per heavy atom. The molecular weight excluding hydrogens is 392 g/mol. The van der Waals surface area contributed by atoms with Gasteiger partial charge < -0.3 is 5.32 Å². The molecule has 3 aromatic rings. The highest BCUT2D eigenvalue weighted by atomic mass is 32.2. The zero-order valence-electron chi connectivity index (χ0n) is 15.1. The largest absolute Gasteiger partial charge is 0.325 e. The number of benzene rings is 2. The highest BCUT2D eigenvalue weighted by Crippen LogP contribution is 2.25. The molecule has 0 saturated heterocycles. The van der Waals surface area contributed by atoms with Gasteiger partial charge in [-0.1, -0.05) is 71.1 Å². The second kappa shape index (κ2) is 9.82. The number of hydrogen-bond donors (Lipinski definition) is 2. The molecule has 2 aromatic carbocycles. The van der Waals surface area contributed by atoms with E-state index >= 15 is 0 Å². The van der Waals surface area contributed by atoms with Crippen molar-refractivity contribution in [2.75, 3.05) is 16.4 Å². The van der Waals surface area contributed by atoms with Gasteiger partial charge in [0.05, 0.1) is 5.75 Å². The molecule has 6 nitrogen and oxygen atoms in total. The number of hydrogen-bond acceptors (Lipinski definition) is 6. The van der Waals surface area contributed by atoms with E-state index in [9.17, 15) is 9.59 Å². The SMILES string of the molecule is Cc1ccc(NC(=O)CSc2nnc(NC(=O)C=Cc3ccccc3)s2)cc1. The lowest BCUT2D eigenvalue weighted by Crippen LogP contribution is -2.13. The van der Waals surface area contributed by atoms with E-state index < -0.39 is 0 Å². The molecule has 3 rings (SSSR count). The first kappa shape index (κ1) is 19.8. The second-order valence-corrected chi connectivity index (χ2v) is 8.01. The van der Waals surface area contributed by atoms with Gasteiger partial charge in [-0.15, -0.1) is 10.2 Å². The minimum absolute atomic E-state index is 0.125. The Kier molecular flexibility index (Phi) is 6.94. The minimum Gasteiger partial charge on any atom is -0.325 e. The smallest absolute Gasteiger partial charge is 0.250 e. The van der Waals surface area contributed by atoms with Crippen molar-refractivity contribution in [3.05, 3.63) is 71.8 Å². The van der Waals surface area contributed by atoms with E-state index in [1.807, 2.05) is 61.5 Å². The Hall–Kier alpha value is -2.97. The first-order chi connectivity index (χ1) is 13.6. The van der Waals surface area contributed by atoms with Gasteiger partial charge in [-0.3, -0.25) is 14.9 Å². The van der Waals surface area contributed by atoms with E-state index in [1.54, 1.807) is 6.08 Å². The summed E-state index contributed by atoms with van der Waals surface area (Å²) in [6.45, 7) is 1.99. The van der Waals surface area contributed by atoms with Crippen molar-refractivity contribution in [1.82, 2.24) is 10.2 Å². The third kappa shape index (κ3) is 6.33. The quantitative estimate of drug-likeness (QED) is 0.346. The Balaban J connectivity index is 1.46. The molecule has 0 atom stereocenters. The van der Waals surface area contributed by atoms with Crippen LogP contribution in [-0.4, -0.2) is 27.8 Å². The molecular formula is C20H18N4O2S2. The summed E-state index contributed by atoms with van der Waals surface area (Å²) in [5.74, 6) is -0.196. The van der Waals surface area contributed by atoms with E-state index in [0.717, 1.165) is 16.8 Å². The molecule has 0 radical (unpaired) electrons. The molecule has 0 spiro atoms. The average molecular weight is 411 g/mol. The molecule has 0 bridgehead atoms. The summed E-state index contributed by atoms with van der Waals surface area (Å²) >= 11 is 2.50. The number of amides is 2. The van der Waals surface area contributed by atoms with Crippen molar-refractivity contribution in [3.63, 3.8) is 0 Å². The molecule has 142 valence electrons. The van der Waals surface area contributed by atoms with Gasteiger partial charge in [0.1, 0.15) is 0 Å². The number of nitrogens with one attached hydrogen (secondary N) is 2. The van der Waals surface area contributed by atoms with Gasteiger partial charge in [0.25, 0.3) is 0 Å². The van der Waals surface area contributed by atoms with Crippen LogP contribution < -0.4 is 10.6 Å². The number of thioether (sulfide) groups is 1. The molecule has 0 aliphatic heterocycles. The Bertz CT molecular complexity index is 969. The summed E-state index contributed by atoms with van der Waals surface area (Å²) in [5.41, 5.74) is 2.83. The fourth-order valence-corrected chi connectivity index (χ4v) is 3.72. The minimum atomic E-state index is -0.284. The molecule has 0 aliphatic carbocycles. The van der Waals surface area contributed by atoms with Crippen LogP contribution in [0.15, 0.2) is 65.0 Å². The van der Waals surface area contributed by atoms with E-state index in [0.29, 0.717) is 9.47 Å². The average Bonchev–Trinajstić information content (AvgIpc) is 3.15. The molecule has 1 heterocycles. The van der Waals surface area contributed by atoms with Gasteiger partial charge in [0.2, 0.25) is 16.9 Å². The van der Waals surface area contributed by atoms with Crippen LogP contribution in [0.25, 0.3) is 6.08 Å². The van der Waals surface area contributed by atoms with Crippen molar-refractivity contribution in [3.8, 4) is 0 Å². The first-order valence-corrected chi connectivity index (χ1v) is 10.3. The van der Waals surface area contributed by atoms with Gasteiger partial charge in [-0.25, -0.2) is 0 Å². The van der Waals surface area contributed by atoms with Crippen molar-refractivity contribution in [2.24, 2.45) is 0 Å². The lowest BCUT2D eigenvalue weighted by Gasteiger charge is -2.04. The highest BCUT2D eigenvalue weighted by Gasteiger charge is 2.10. The van der Waals surface area contributed by atoms with Crippen LogP contribution in [0.5, 0.6) is 0 Å². The Labute approximate surface area is 171 Å². The van der Waals surface area contributed by atoms with Crippen LogP contribution >= 0.6 is 23.1 Å². The van der Waals surface area contributed by atoms with Crippen LogP contribution in [0, 0.1) is 6.92 Å². The molecule has 28 heavy (non-hydrogen) atoms. The topological polar surface area (TPSA) is 84.0 Å². The van der Waals surface area contributed by atoms with Crippen molar-refractivity contribution >= 4 is 51.8 Å². The first-order valence-electron chi connectivity index (χ1n) is 8.45. The number of carbonyl (C=O) groups is 2. The summed E-state index contributed by atoms with van der Waals surface area (Å²) in [7, 11) is 0. The van der Waals surface area contributed by atoms with Gasteiger partial charge in [-0.05, 0) is 30.7 Å². The number of nitrogens with zero attached hydrogens (tertiary/aromatic N) is 2. The number of rotatable bonds is 7. The van der Waals surface area contributed by atoms with Gasteiger partial charge in [0, 0.05) is 11.8 Å². The zero-order chi connectivity index (χ0) is 19.8. The summed E-state index contributed by atoms with van der Waals surface area (Å²) in [5, 5.41) is 13.8. The maximum atomic E-state index is 12.0. The summed E-state index contributed by atoms with van der Waals surface area (Å²) in [4.78, 5) is 24.0. The van der Waals surface area contributed by atoms with Gasteiger partial charge in [-0.2, -0.15) is 0 Å². The molecule has 0 fully saturated rings. The standard InChI is InChI=1S/C20H18N4O2S2/c1-14-7-10-16(11-8-14)21-18(26)13-27-20-24-23-19(28-20)22-17(25)12-9-15-5-3-2-4-6-15/h2-12H,13H2,1H3,(H,21,26)(H,22,23,25). The maximum Gasteiger partial charge on any atom is 0.250 e. The third-order valence-electron chi connectivity index (χ3n) is 3.53. The molecule has 0 unspecified atom stereocenters. The predicted molar refractivity (Wildman–Crippen MR) is 115 cm³/mol. The third-order valence-corrected chi connectivity index (χ3v) is 5.50. The normalized spacial score (nSPS) is 10.8.